The summed E-state index contributed by atoms with van der Waals surface area (Å²) in [7, 11) is 0. The van der Waals surface area contributed by atoms with E-state index in [1.807, 2.05) is 6.07 Å². The van der Waals surface area contributed by atoms with Crippen molar-refractivity contribution in [2.45, 2.75) is 0 Å². The summed E-state index contributed by atoms with van der Waals surface area (Å²) in [6, 6.07) is 13.8. The van der Waals surface area contributed by atoms with Crippen LogP contribution in [0.4, 0.5) is 5.69 Å². The quantitative estimate of drug-likeness (QED) is 0.848. The van der Waals surface area contributed by atoms with Crippen LogP contribution in [0.15, 0.2) is 54.7 Å². The van der Waals surface area contributed by atoms with Gasteiger partial charge in [-0.2, -0.15) is 0 Å². The number of hydrogen-bond donors (Lipinski definition) is 1. The van der Waals surface area contributed by atoms with Gasteiger partial charge in [0.1, 0.15) is 5.69 Å². The lowest BCUT2D eigenvalue weighted by molar-refractivity contribution is -0.119. The molecule has 0 radical (unpaired) electrons. The summed E-state index contributed by atoms with van der Waals surface area (Å²) in [5, 5.41) is 2.61. The normalized spacial score (nSPS) is 9.68. The summed E-state index contributed by atoms with van der Waals surface area (Å²) in [5.41, 5.74) is 0.830. The Morgan fingerprint density at radius 3 is 2.47 bits per heavy atom. The molecule has 2 aromatic rings. The van der Waals surface area contributed by atoms with Crippen molar-refractivity contribution in [1.29, 1.82) is 0 Å². The molecule has 5 heteroatoms. The van der Waals surface area contributed by atoms with E-state index in [1.165, 1.54) is 12.3 Å². The maximum atomic E-state index is 11.5. The summed E-state index contributed by atoms with van der Waals surface area (Å²) >= 11 is 0. The van der Waals surface area contributed by atoms with E-state index >= 15 is 0 Å². The molecule has 1 aromatic heterocycles. The van der Waals surface area contributed by atoms with E-state index in [9.17, 15) is 9.59 Å². The first-order valence-corrected chi connectivity index (χ1v) is 5.69. The first-order chi connectivity index (χ1) is 9.25. The zero-order chi connectivity index (χ0) is 13.5. The van der Waals surface area contributed by atoms with Gasteiger partial charge in [-0.25, -0.2) is 9.78 Å². The number of benzene rings is 1. The van der Waals surface area contributed by atoms with Crippen LogP contribution in [0, 0.1) is 0 Å². The molecule has 0 fully saturated rings. The molecule has 0 aliphatic heterocycles. The van der Waals surface area contributed by atoms with Gasteiger partial charge < -0.3 is 10.1 Å². The third kappa shape index (κ3) is 3.92. The predicted molar refractivity (Wildman–Crippen MR) is 69.6 cm³/mol. The highest BCUT2D eigenvalue weighted by molar-refractivity contribution is 5.94. The number of anilines is 1. The number of hydrogen-bond acceptors (Lipinski definition) is 4. The van der Waals surface area contributed by atoms with Crippen LogP contribution in [-0.4, -0.2) is 23.5 Å². The Bertz CT molecular complexity index is 555. The van der Waals surface area contributed by atoms with E-state index in [4.69, 9.17) is 4.74 Å². The van der Waals surface area contributed by atoms with E-state index in [2.05, 4.69) is 10.3 Å². The fourth-order valence-corrected chi connectivity index (χ4v) is 1.41. The monoisotopic (exact) mass is 256 g/mol. The summed E-state index contributed by atoms with van der Waals surface area (Å²) in [6.07, 6.45) is 1.49. The van der Waals surface area contributed by atoms with Crippen molar-refractivity contribution in [3.63, 3.8) is 0 Å². The Labute approximate surface area is 110 Å². The van der Waals surface area contributed by atoms with Gasteiger partial charge in [0.2, 0.25) is 0 Å². The third-order valence-corrected chi connectivity index (χ3v) is 2.27. The number of rotatable bonds is 4. The molecule has 0 saturated heterocycles. The minimum absolute atomic E-state index is 0.176. The Hall–Kier alpha value is -2.69. The second-order valence-electron chi connectivity index (χ2n) is 3.71. The largest absolute Gasteiger partial charge is 0.451 e. The van der Waals surface area contributed by atoms with E-state index in [1.54, 1.807) is 36.4 Å². The predicted octanol–water partition coefficient (Wildman–Crippen LogP) is 1.88. The van der Waals surface area contributed by atoms with Crippen LogP contribution >= 0.6 is 0 Å². The minimum atomic E-state index is -0.621. The molecule has 1 N–H and O–H groups in total. The molecule has 0 spiro atoms. The number of carbonyl (C=O) groups is 2. The van der Waals surface area contributed by atoms with Gasteiger partial charge in [0, 0.05) is 11.9 Å². The molecule has 0 unspecified atom stereocenters. The topological polar surface area (TPSA) is 68.3 Å². The van der Waals surface area contributed by atoms with Gasteiger partial charge in [-0.1, -0.05) is 24.3 Å². The minimum Gasteiger partial charge on any atom is -0.451 e. The van der Waals surface area contributed by atoms with Gasteiger partial charge in [-0.15, -0.1) is 0 Å². The second-order valence-corrected chi connectivity index (χ2v) is 3.71. The van der Waals surface area contributed by atoms with E-state index < -0.39 is 11.9 Å². The molecule has 1 aromatic carbocycles. The van der Waals surface area contributed by atoms with Crippen molar-refractivity contribution in [1.82, 2.24) is 4.98 Å². The van der Waals surface area contributed by atoms with Crippen molar-refractivity contribution in [3.05, 3.63) is 60.4 Å². The average Bonchev–Trinajstić information content (AvgIpc) is 2.47. The van der Waals surface area contributed by atoms with Crippen LogP contribution in [0.1, 0.15) is 10.5 Å². The van der Waals surface area contributed by atoms with Crippen LogP contribution in [0.25, 0.3) is 0 Å². The van der Waals surface area contributed by atoms with Crippen molar-refractivity contribution in [2.24, 2.45) is 0 Å². The lowest BCUT2D eigenvalue weighted by atomic mass is 10.3. The summed E-state index contributed by atoms with van der Waals surface area (Å²) in [6.45, 7) is -0.343. The Morgan fingerprint density at radius 1 is 1.05 bits per heavy atom. The first kappa shape index (κ1) is 12.8. The highest BCUT2D eigenvalue weighted by atomic mass is 16.5. The maximum absolute atomic E-state index is 11.5. The first-order valence-electron chi connectivity index (χ1n) is 5.69. The number of aromatic nitrogens is 1. The zero-order valence-electron chi connectivity index (χ0n) is 10.1. The SMILES string of the molecule is O=C(COC(=O)c1ccccn1)Nc1ccccc1. The van der Waals surface area contributed by atoms with Crippen LogP contribution in [0.2, 0.25) is 0 Å². The second kappa shape index (κ2) is 6.30. The van der Waals surface area contributed by atoms with Gasteiger partial charge in [-0.3, -0.25) is 4.79 Å². The van der Waals surface area contributed by atoms with Crippen molar-refractivity contribution >= 4 is 17.6 Å². The fraction of sp³-hybridized carbons (Fsp3) is 0.0714. The van der Waals surface area contributed by atoms with E-state index in [0.29, 0.717) is 5.69 Å². The maximum Gasteiger partial charge on any atom is 0.357 e. The number of nitrogens with zero attached hydrogens (tertiary/aromatic N) is 1. The average molecular weight is 256 g/mol. The van der Waals surface area contributed by atoms with Gasteiger partial charge in [0.25, 0.3) is 5.91 Å². The van der Waals surface area contributed by atoms with Crippen molar-refractivity contribution < 1.29 is 14.3 Å². The number of esters is 1. The molecule has 0 bridgehead atoms. The summed E-state index contributed by atoms with van der Waals surface area (Å²) in [4.78, 5) is 26.9. The molecule has 1 amide bonds. The van der Waals surface area contributed by atoms with Crippen LogP contribution < -0.4 is 5.32 Å². The number of amides is 1. The summed E-state index contributed by atoms with van der Waals surface area (Å²) in [5.74, 6) is -1.01. The Balaban J connectivity index is 1.83. The number of pyridine rings is 1. The van der Waals surface area contributed by atoms with Crippen molar-refractivity contribution in [2.75, 3.05) is 11.9 Å². The number of ether oxygens (including phenoxy) is 1. The molecular formula is C14H12N2O3. The van der Waals surface area contributed by atoms with E-state index in [-0.39, 0.29) is 12.3 Å². The fourth-order valence-electron chi connectivity index (χ4n) is 1.41. The Kier molecular flexibility index (Phi) is 4.23. The summed E-state index contributed by atoms with van der Waals surface area (Å²) < 4.78 is 4.85. The lowest BCUT2D eigenvalue weighted by Crippen LogP contribution is -2.21. The van der Waals surface area contributed by atoms with Gasteiger partial charge in [0.05, 0.1) is 0 Å². The number of nitrogens with one attached hydrogen (secondary N) is 1. The standard InChI is InChI=1S/C14H12N2O3/c17-13(16-11-6-2-1-3-7-11)10-19-14(18)12-8-4-5-9-15-12/h1-9H,10H2,(H,16,17). The lowest BCUT2D eigenvalue weighted by Gasteiger charge is -2.05. The number of para-hydroxylation sites is 1. The molecular weight excluding hydrogens is 244 g/mol. The molecule has 1 heterocycles. The van der Waals surface area contributed by atoms with Crippen LogP contribution in [-0.2, 0) is 9.53 Å². The van der Waals surface area contributed by atoms with Gasteiger partial charge in [-0.05, 0) is 24.3 Å². The Morgan fingerprint density at radius 2 is 1.79 bits per heavy atom. The smallest absolute Gasteiger partial charge is 0.357 e. The third-order valence-electron chi connectivity index (χ3n) is 2.27. The molecule has 2 rings (SSSR count). The van der Waals surface area contributed by atoms with E-state index in [0.717, 1.165) is 0 Å². The molecule has 96 valence electrons. The highest BCUT2D eigenvalue weighted by Gasteiger charge is 2.10. The molecule has 0 aliphatic carbocycles. The van der Waals surface area contributed by atoms with Crippen molar-refractivity contribution in [3.8, 4) is 0 Å². The van der Waals surface area contributed by atoms with Gasteiger partial charge >= 0.3 is 5.97 Å². The number of carbonyl (C=O) groups excluding carboxylic acids is 2. The van der Waals surface area contributed by atoms with Crippen LogP contribution in [0.3, 0.4) is 0 Å². The molecule has 0 atom stereocenters. The highest BCUT2D eigenvalue weighted by Crippen LogP contribution is 2.04. The molecule has 0 saturated carbocycles. The van der Waals surface area contributed by atoms with Crippen LogP contribution in [0.5, 0.6) is 0 Å². The molecule has 0 aliphatic rings. The molecule has 19 heavy (non-hydrogen) atoms. The zero-order valence-corrected chi connectivity index (χ0v) is 10.1. The van der Waals surface area contributed by atoms with Gasteiger partial charge in [0.15, 0.2) is 6.61 Å². The molecule has 5 nitrogen and oxygen atoms in total.